The molecule has 0 radical (unpaired) electrons. The number of H-pyrrole nitrogens is 1. The SMILES string of the molecule is CC(C)Cc1cc(C(=O)N2CCN(C(C)c3ccccc3Cl)CC2)n[nH]1. The van der Waals surface area contributed by atoms with Crippen LogP contribution in [0.5, 0.6) is 0 Å². The zero-order valence-corrected chi connectivity index (χ0v) is 16.5. The predicted molar refractivity (Wildman–Crippen MR) is 104 cm³/mol. The van der Waals surface area contributed by atoms with Crippen LogP contribution in [0, 0.1) is 5.92 Å². The van der Waals surface area contributed by atoms with Gasteiger partial charge in [-0.25, -0.2) is 0 Å². The Morgan fingerprint density at radius 2 is 1.88 bits per heavy atom. The van der Waals surface area contributed by atoms with Crippen molar-refractivity contribution in [1.82, 2.24) is 20.0 Å². The van der Waals surface area contributed by atoms with E-state index >= 15 is 0 Å². The summed E-state index contributed by atoms with van der Waals surface area (Å²) in [7, 11) is 0. The van der Waals surface area contributed by atoms with Crippen molar-refractivity contribution in [3.63, 3.8) is 0 Å². The first-order chi connectivity index (χ1) is 12.5. The number of hydrogen-bond acceptors (Lipinski definition) is 3. The second-order valence-electron chi connectivity index (χ2n) is 7.40. The molecule has 1 fully saturated rings. The first kappa shape index (κ1) is 18.9. The molecule has 2 aromatic rings. The van der Waals surface area contributed by atoms with Gasteiger partial charge in [-0.1, -0.05) is 43.6 Å². The molecular weight excluding hydrogens is 348 g/mol. The molecular formula is C20H27ClN4O. The Hall–Kier alpha value is -1.85. The van der Waals surface area contributed by atoms with E-state index in [1.54, 1.807) is 0 Å². The fourth-order valence-corrected chi connectivity index (χ4v) is 3.79. The van der Waals surface area contributed by atoms with Crippen molar-refractivity contribution in [3.05, 3.63) is 52.3 Å². The van der Waals surface area contributed by atoms with Crippen LogP contribution in [0.15, 0.2) is 30.3 Å². The minimum absolute atomic E-state index is 0.0151. The van der Waals surface area contributed by atoms with Gasteiger partial charge in [0.1, 0.15) is 5.69 Å². The molecule has 140 valence electrons. The molecule has 0 spiro atoms. The van der Waals surface area contributed by atoms with Crippen LogP contribution >= 0.6 is 11.6 Å². The van der Waals surface area contributed by atoms with Crippen LogP contribution in [0.25, 0.3) is 0 Å². The monoisotopic (exact) mass is 374 g/mol. The number of amides is 1. The van der Waals surface area contributed by atoms with E-state index in [-0.39, 0.29) is 11.9 Å². The zero-order chi connectivity index (χ0) is 18.7. The molecule has 0 bridgehead atoms. The van der Waals surface area contributed by atoms with Crippen LogP contribution in [-0.2, 0) is 6.42 Å². The van der Waals surface area contributed by atoms with Crippen molar-refractivity contribution in [2.75, 3.05) is 26.2 Å². The molecule has 2 heterocycles. The summed E-state index contributed by atoms with van der Waals surface area (Å²) in [5, 5.41) is 8.00. The van der Waals surface area contributed by atoms with Gasteiger partial charge in [0.15, 0.2) is 0 Å². The molecule has 6 heteroatoms. The van der Waals surface area contributed by atoms with Crippen molar-refractivity contribution in [1.29, 1.82) is 0 Å². The van der Waals surface area contributed by atoms with E-state index in [9.17, 15) is 4.79 Å². The van der Waals surface area contributed by atoms with Crippen LogP contribution < -0.4 is 0 Å². The predicted octanol–water partition coefficient (Wildman–Crippen LogP) is 3.78. The molecule has 26 heavy (non-hydrogen) atoms. The summed E-state index contributed by atoms with van der Waals surface area (Å²) in [6.07, 6.45) is 0.906. The number of aromatic amines is 1. The summed E-state index contributed by atoms with van der Waals surface area (Å²) in [5.74, 6) is 0.551. The van der Waals surface area contributed by atoms with Crippen molar-refractivity contribution >= 4 is 17.5 Å². The lowest BCUT2D eigenvalue weighted by Gasteiger charge is -2.38. The smallest absolute Gasteiger partial charge is 0.274 e. The van der Waals surface area contributed by atoms with E-state index in [0.29, 0.717) is 24.7 Å². The second-order valence-corrected chi connectivity index (χ2v) is 7.81. The molecule has 1 saturated heterocycles. The molecule has 1 N–H and O–H groups in total. The van der Waals surface area contributed by atoms with Gasteiger partial charge in [-0.3, -0.25) is 14.8 Å². The Morgan fingerprint density at radius 1 is 1.19 bits per heavy atom. The van der Waals surface area contributed by atoms with Gasteiger partial charge in [0.05, 0.1) is 0 Å². The highest BCUT2D eigenvalue weighted by molar-refractivity contribution is 6.31. The third-order valence-electron chi connectivity index (χ3n) is 4.98. The van der Waals surface area contributed by atoms with E-state index in [2.05, 4.69) is 41.9 Å². The molecule has 1 aliphatic heterocycles. The number of rotatable bonds is 5. The number of piperazine rings is 1. The van der Waals surface area contributed by atoms with Gasteiger partial charge in [-0.2, -0.15) is 5.10 Å². The summed E-state index contributed by atoms with van der Waals surface area (Å²) < 4.78 is 0. The third-order valence-corrected chi connectivity index (χ3v) is 5.33. The maximum atomic E-state index is 12.7. The highest BCUT2D eigenvalue weighted by Crippen LogP contribution is 2.28. The minimum atomic E-state index is 0.0151. The quantitative estimate of drug-likeness (QED) is 0.866. The van der Waals surface area contributed by atoms with Crippen molar-refractivity contribution in [3.8, 4) is 0 Å². The first-order valence-electron chi connectivity index (χ1n) is 9.27. The average molecular weight is 375 g/mol. The minimum Gasteiger partial charge on any atom is -0.335 e. The highest BCUT2D eigenvalue weighted by Gasteiger charge is 2.27. The maximum absolute atomic E-state index is 12.7. The third kappa shape index (κ3) is 4.27. The van der Waals surface area contributed by atoms with Gasteiger partial charge in [0.2, 0.25) is 0 Å². The number of nitrogens with zero attached hydrogens (tertiary/aromatic N) is 3. The molecule has 1 aliphatic rings. The van der Waals surface area contributed by atoms with E-state index in [1.165, 1.54) is 0 Å². The van der Waals surface area contributed by atoms with E-state index < -0.39 is 0 Å². The Morgan fingerprint density at radius 3 is 2.54 bits per heavy atom. The average Bonchev–Trinajstić information content (AvgIpc) is 3.09. The summed E-state index contributed by atoms with van der Waals surface area (Å²) in [5.41, 5.74) is 2.68. The molecule has 1 aromatic heterocycles. The molecule has 1 amide bonds. The summed E-state index contributed by atoms with van der Waals surface area (Å²) in [4.78, 5) is 17.0. The van der Waals surface area contributed by atoms with Gasteiger partial charge in [-0.05, 0) is 37.0 Å². The Labute approximate surface area is 160 Å². The number of carbonyl (C=O) groups excluding carboxylic acids is 1. The second kappa shape index (κ2) is 8.23. The lowest BCUT2D eigenvalue weighted by molar-refractivity contribution is 0.0576. The standard InChI is InChI=1S/C20H27ClN4O/c1-14(2)12-16-13-19(23-22-16)20(26)25-10-8-24(9-11-25)15(3)17-6-4-5-7-18(17)21/h4-7,13-15H,8-12H2,1-3H3,(H,22,23). The van der Waals surface area contributed by atoms with E-state index in [4.69, 9.17) is 11.6 Å². The van der Waals surface area contributed by atoms with Crippen LogP contribution in [0.4, 0.5) is 0 Å². The lowest BCUT2D eigenvalue weighted by atomic mass is 10.1. The van der Waals surface area contributed by atoms with Crippen molar-refractivity contribution in [2.45, 2.75) is 33.2 Å². The van der Waals surface area contributed by atoms with Gasteiger partial charge in [0, 0.05) is 42.9 Å². The van der Waals surface area contributed by atoms with Gasteiger partial charge >= 0.3 is 0 Å². The van der Waals surface area contributed by atoms with E-state index in [0.717, 1.165) is 35.8 Å². The van der Waals surface area contributed by atoms with Gasteiger partial charge in [0.25, 0.3) is 5.91 Å². The number of hydrogen-bond donors (Lipinski definition) is 1. The van der Waals surface area contributed by atoms with Crippen LogP contribution in [-0.4, -0.2) is 52.1 Å². The van der Waals surface area contributed by atoms with Crippen LogP contribution in [0.1, 0.15) is 48.6 Å². The number of aromatic nitrogens is 2. The Bertz CT molecular complexity index is 750. The first-order valence-corrected chi connectivity index (χ1v) is 9.65. The highest BCUT2D eigenvalue weighted by atomic mass is 35.5. The molecule has 5 nitrogen and oxygen atoms in total. The zero-order valence-electron chi connectivity index (χ0n) is 15.7. The molecule has 1 aromatic carbocycles. The van der Waals surface area contributed by atoms with Crippen molar-refractivity contribution < 1.29 is 4.79 Å². The molecule has 1 unspecified atom stereocenters. The maximum Gasteiger partial charge on any atom is 0.274 e. The van der Waals surface area contributed by atoms with Crippen molar-refractivity contribution in [2.24, 2.45) is 5.92 Å². The number of benzene rings is 1. The lowest BCUT2D eigenvalue weighted by Crippen LogP contribution is -2.49. The van der Waals surface area contributed by atoms with Crippen LogP contribution in [0.3, 0.4) is 0 Å². The molecule has 1 atom stereocenters. The Balaban J connectivity index is 1.59. The van der Waals surface area contributed by atoms with Crippen LogP contribution in [0.2, 0.25) is 5.02 Å². The topological polar surface area (TPSA) is 52.2 Å². The number of halogens is 1. The summed E-state index contributed by atoms with van der Waals surface area (Å²) >= 11 is 6.33. The number of nitrogens with one attached hydrogen (secondary N) is 1. The largest absolute Gasteiger partial charge is 0.335 e. The number of carbonyl (C=O) groups is 1. The molecule has 0 aliphatic carbocycles. The normalized spacial score (nSPS) is 16.9. The summed E-state index contributed by atoms with van der Waals surface area (Å²) in [6.45, 7) is 9.57. The summed E-state index contributed by atoms with van der Waals surface area (Å²) in [6, 6.07) is 10.1. The fraction of sp³-hybridized carbons (Fsp3) is 0.500. The van der Waals surface area contributed by atoms with E-state index in [1.807, 2.05) is 29.2 Å². The fourth-order valence-electron chi connectivity index (χ4n) is 3.50. The molecule has 3 rings (SSSR count). The van der Waals surface area contributed by atoms with Gasteiger partial charge in [-0.15, -0.1) is 0 Å². The Kier molecular flexibility index (Phi) is 5.99. The molecule has 0 saturated carbocycles. The van der Waals surface area contributed by atoms with Gasteiger partial charge < -0.3 is 4.90 Å².